The van der Waals surface area contributed by atoms with E-state index in [9.17, 15) is 4.79 Å². The SMILES string of the molecule is CCn1c(SC(C(=O)Nc2cccc(OC)c2)c2ccccc2)nnc1-c1ccncc1. The Balaban J connectivity index is 1.65. The van der Waals surface area contributed by atoms with Crippen molar-refractivity contribution in [1.29, 1.82) is 0 Å². The molecular formula is C24H23N5O2S. The Hall–Kier alpha value is -3.65. The zero-order valence-electron chi connectivity index (χ0n) is 17.8. The van der Waals surface area contributed by atoms with Crippen LogP contribution in [0.5, 0.6) is 5.75 Å². The van der Waals surface area contributed by atoms with Gasteiger partial charge in [-0.1, -0.05) is 48.2 Å². The number of nitrogens with zero attached hydrogens (tertiary/aromatic N) is 4. The van der Waals surface area contributed by atoms with Gasteiger partial charge >= 0.3 is 0 Å². The minimum absolute atomic E-state index is 0.148. The highest BCUT2D eigenvalue weighted by molar-refractivity contribution is 8.00. The van der Waals surface area contributed by atoms with Crippen LogP contribution in [0.2, 0.25) is 0 Å². The average molecular weight is 446 g/mol. The average Bonchev–Trinajstić information content (AvgIpc) is 3.26. The second-order valence-electron chi connectivity index (χ2n) is 6.92. The molecule has 0 aliphatic rings. The van der Waals surface area contributed by atoms with Crippen molar-refractivity contribution in [2.45, 2.75) is 23.9 Å². The normalized spacial score (nSPS) is 11.7. The number of pyridine rings is 1. The molecule has 1 N–H and O–H groups in total. The minimum atomic E-state index is -0.512. The molecule has 2 aromatic heterocycles. The largest absolute Gasteiger partial charge is 0.497 e. The number of amides is 1. The number of carbonyl (C=O) groups is 1. The molecule has 0 aliphatic carbocycles. The lowest BCUT2D eigenvalue weighted by Crippen LogP contribution is -2.19. The van der Waals surface area contributed by atoms with Crippen molar-refractivity contribution in [2.75, 3.05) is 12.4 Å². The highest BCUT2D eigenvalue weighted by atomic mass is 32.2. The summed E-state index contributed by atoms with van der Waals surface area (Å²) >= 11 is 1.38. The number of hydrogen-bond donors (Lipinski definition) is 1. The number of hydrogen-bond acceptors (Lipinski definition) is 6. The van der Waals surface area contributed by atoms with Gasteiger partial charge in [0.2, 0.25) is 5.91 Å². The molecular weight excluding hydrogens is 422 g/mol. The topological polar surface area (TPSA) is 81.9 Å². The highest BCUT2D eigenvalue weighted by Gasteiger charge is 2.26. The van der Waals surface area contributed by atoms with Gasteiger partial charge in [-0.25, -0.2) is 0 Å². The maximum Gasteiger partial charge on any atom is 0.242 e. The molecule has 1 atom stereocenters. The van der Waals surface area contributed by atoms with Crippen LogP contribution in [0, 0.1) is 0 Å². The molecule has 0 aliphatic heterocycles. The first-order valence-corrected chi connectivity index (χ1v) is 11.1. The molecule has 4 rings (SSSR count). The summed E-state index contributed by atoms with van der Waals surface area (Å²) in [7, 11) is 1.60. The fraction of sp³-hybridized carbons (Fsp3) is 0.167. The summed E-state index contributed by atoms with van der Waals surface area (Å²) in [6.07, 6.45) is 3.45. The van der Waals surface area contributed by atoms with Crippen LogP contribution in [-0.2, 0) is 11.3 Å². The van der Waals surface area contributed by atoms with E-state index in [1.165, 1.54) is 11.8 Å². The third kappa shape index (κ3) is 4.81. The van der Waals surface area contributed by atoms with Crippen molar-refractivity contribution < 1.29 is 9.53 Å². The summed E-state index contributed by atoms with van der Waals surface area (Å²) in [5, 5.41) is 12.0. The second-order valence-corrected chi connectivity index (χ2v) is 7.99. The summed E-state index contributed by atoms with van der Waals surface area (Å²) < 4.78 is 7.28. The van der Waals surface area contributed by atoms with Gasteiger partial charge in [0.15, 0.2) is 11.0 Å². The van der Waals surface area contributed by atoms with E-state index >= 15 is 0 Å². The quantitative estimate of drug-likeness (QED) is 0.391. The van der Waals surface area contributed by atoms with Gasteiger partial charge in [0.25, 0.3) is 0 Å². The molecule has 4 aromatic rings. The number of benzene rings is 2. The molecule has 162 valence electrons. The van der Waals surface area contributed by atoms with Crippen LogP contribution in [0.15, 0.2) is 84.3 Å². The van der Waals surface area contributed by atoms with Crippen molar-refractivity contribution in [3.8, 4) is 17.1 Å². The first-order valence-electron chi connectivity index (χ1n) is 10.2. The molecule has 0 saturated heterocycles. The maximum absolute atomic E-state index is 13.4. The van der Waals surface area contributed by atoms with Crippen molar-refractivity contribution >= 4 is 23.4 Å². The summed E-state index contributed by atoms with van der Waals surface area (Å²) in [6.45, 7) is 2.71. The number of aromatic nitrogens is 4. The Morgan fingerprint density at radius 1 is 1.06 bits per heavy atom. The molecule has 0 spiro atoms. The summed E-state index contributed by atoms with van der Waals surface area (Å²) in [5.74, 6) is 1.28. The Bertz CT molecular complexity index is 1180. The van der Waals surface area contributed by atoms with Gasteiger partial charge in [-0.3, -0.25) is 9.78 Å². The van der Waals surface area contributed by atoms with E-state index in [0.29, 0.717) is 23.1 Å². The number of carbonyl (C=O) groups excluding carboxylic acids is 1. The first kappa shape index (κ1) is 21.6. The van der Waals surface area contributed by atoms with Gasteiger partial charge in [-0.15, -0.1) is 10.2 Å². The molecule has 0 saturated carbocycles. The van der Waals surface area contributed by atoms with E-state index in [2.05, 4.69) is 20.5 Å². The van der Waals surface area contributed by atoms with Crippen LogP contribution in [0.1, 0.15) is 17.7 Å². The Kier molecular flexibility index (Phi) is 6.81. The van der Waals surface area contributed by atoms with Crippen molar-refractivity contribution in [3.63, 3.8) is 0 Å². The molecule has 1 amide bonds. The van der Waals surface area contributed by atoms with Gasteiger partial charge in [0, 0.05) is 36.3 Å². The van der Waals surface area contributed by atoms with Gasteiger partial charge in [-0.05, 0) is 36.8 Å². The van der Waals surface area contributed by atoms with Gasteiger partial charge in [0.05, 0.1) is 7.11 Å². The number of ether oxygens (including phenoxy) is 1. The van der Waals surface area contributed by atoms with Crippen LogP contribution in [0.25, 0.3) is 11.4 Å². The lowest BCUT2D eigenvalue weighted by atomic mass is 10.1. The summed E-state index contributed by atoms with van der Waals surface area (Å²) in [5.41, 5.74) is 2.48. The standard InChI is InChI=1S/C24H23N5O2S/c1-3-29-22(18-12-14-25-15-13-18)27-28-24(29)32-21(17-8-5-4-6-9-17)23(30)26-19-10-7-11-20(16-19)31-2/h4-16,21H,3H2,1-2H3,(H,26,30). The smallest absolute Gasteiger partial charge is 0.242 e. The van der Waals surface area contributed by atoms with Gasteiger partial charge in [0.1, 0.15) is 11.0 Å². The molecule has 8 heteroatoms. The number of methoxy groups -OCH3 is 1. The lowest BCUT2D eigenvalue weighted by Gasteiger charge is -2.17. The number of thioether (sulfide) groups is 1. The van der Waals surface area contributed by atoms with E-state index in [4.69, 9.17) is 4.74 Å². The van der Waals surface area contributed by atoms with E-state index < -0.39 is 5.25 Å². The maximum atomic E-state index is 13.4. The first-order chi connectivity index (χ1) is 15.7. The van der Waals surface area contributed by atoms with E-state index in [0.717, 1.165) is 17.0 Å². The molecule has 32 heavy (non-hydrogen) atoms. The third-order valence-corrected chi connectivity index (χ3v) is 6.11. The zero-order chi connectivity index (χ0) is 22.3. The van der Waals surface area contributed by atoms with E-state index in [-0.39, 0.29) is 5.91 Å². The molecule has 2 aromatic carbocycles. The second kappa shape index (κ2) is 10.1. The van der Waals surface area contributed by atoms with Crippen LogP contribution in [0.3, 0.4) is 0 Å². The summed E-state index contributed by atoms with van der Waals surface area (Å²) in [6, 6.07) is 20.8. The van der Waals surface area contributed by atoms with Crippen molar-refractivity contribution in [3.05, 3.63) is 84.7 Å². The van der Waals surface area contributed by atoms with Gasteiger partial charge in [-0.2, -0.15) is 0 Å². The Labute approximate surface area is 190 Å². The fourth-order valence-electron chi connectivity index (χ4n) is 3.29. The van der Waals surface area contributed by atoms with Crippen LogP contribution in [0.4, 0.5) is 5.69 Å². The summed E-state index contributed by atoms with van der Waals surface area (Å²) in [4.78, 5) is 17.4. The highest BCUT2D eigenvalue weighted by Crippen LogP contribution is 2.37. The third-order valence-electron chi connectivity index (χ3n) is 4.87. The van der Waals surface area contributed by atoms with Crippen LogP contribution in [-0.4, -0.2) is 32.8 Å². The van der Waals surface area contributed by atoms with Crippen molar-refractivity contribution in [2.24, 2.45) is 0 Å². The lowest BCUT2D eigenvalue weighted by molar-refractivity contribution is -0.115. The molecule has 1 unspecified atom stereocenters. The monoisotopic (exact) mass is 445 g/mol. The molecule has 2 heterocycles. The zero-order valence-corrected chi connectivity index (χ0v) is 18.6. The van der Waals surface area contributed by atoms with Crippen LogP contribution < -0.4 is 10.1 Å². The van der Waals surface area contributed by atoms with Gasteiger partial charge < -0.3 is 14.6 Å². The number of anilines is 1. The molecule has 7 nitrogen and oxygen atoms in total. The number of nitrogens with one attached hydrogen (secondary N) is 1. The Morgan fingerprint density at radius 3 is 2.56 bits per heavy atom. The van der Waals surface area contributed by atoms with E-state index in [1.807, 2.05) is 72.2 Å². The molecule has 0 radical (unpaired) electrons. The molecule has 0 fully saturated rings. The predicted octanol–water partition coefficient (Wildman–Crippen LogP) is 4.84. The van der Waals surface area contributed by atoms with E-state index in [1.54, 1.807) is 25.6 Å². The van der Waals surface area contributed by atoms with Crippen molar-refractivity contribution in [1.82, 2.24) is 19.7 Å². The fourth-order valence-corrected chi connectivity index (χ4v) is 4.39. The van der Waals surface area contributed by atoms with Crippen LogP contribution >= 0.6 is 11.8 Å². The predicted molar refractivity (Wildman–Crippen MR) is 126 cm³/mol. The Morgan fingerprint density at radius 2 is 1.84 bits per heavy atom. The number of rotatable bonds is 8. The molecule has 0 bridgehead atoms. The minimum Gasteiger partial charge on any atom is -0.497 e.